The molecule has 204 valence electrons. The van der Waals surface area contributed by atoms with Crippen molar-refractivity contribution in [2.75, 3.05) is 0 Å². The summed E-state index contributed by atoms with van der Waals surface area (Å²) in [4.78, 5) is 18.9. The van der Waals surface area contributed by atoms with Crippen molar-refractivity contribution >= 4 is 54.8 Å². The number of hydrogen-bond donors (Lipinski definition) is 0. The Morgan fingerprint density at radius 3 is 1.98 bits per heavy atom. The maximum absolute atomic E-state index is 6.47. The lowest BCUT2D eigenvalue weighted by molar-refractivity contribution is 0.484. The number of rotatable bonds is 3. The summed E-state index contributed by atoms with van der Waals surface area (Å²) in [6.07, 6.45) is 11.3. The maximum Gasteiger partial charge on any atom is 0.146 e. The highest BCUT2D eigenvalue weighted by atomic mass is 16.5. The van der Waals surface area contributed by atoms with E-state index in [0.717, 1.165) is 72.0 Å². The molecular weight excluding hydrogens is 532 g/mol. The number of benzene rings is 3. The number of nitrogens with zero attached hydrogens (tertiary/aromatic N) is 6. The number of fused-ring (bicyclic) bond motifs is 12. The number of imidazole rings is 2. The van der Waals surface area contributed by atoms with Crippen LogP contribution in [0, 0.1) is 13.8 Å². The molecule has 9 rings (SSSR count). The van der Waals surface area contributed by atoms with Crippen molar-refractivity contribution in [1.29, 1.82) is 0 Å². The van der Waals surface area contributed by atoms with Gasteiger partial charge >= 0.3 is 0 Å². The fraction of sp³-hybridized carbons (Fsp3) is 0.0556. The third-order valence-corrected chi connectivity index (χ3v) is 8.46. The summed E-state index contributed by atoms with van der Waals surface area (Å²) in [5.74, 6) is 1.48. The van der Waals surface area contributed by atoms with Crippen molar-refractivity contribution in [2.24, 2.45) is 0 Å². The van der Waals surface area contributed by atoms with Gasteiger partial charge in [0.05, 0.1) is 17.4 Å². The summed E-state index contributed by atoms with van der Waals surface area (Å²) >= 11 is 0. The zero-order chi connectivity index (χ0) is 28.7. The second-order valence-corrected chi connectivity index (χ2v) is 11.0. The van der Waals surface area contributed by atoms with Crippen LogP contribution in [0.4, 0.5) is 0 Å². The van der Waals surface area contributed by atoms with Crippen molar-refractivity contribution in [3.05, 3.63) is 121 Å². The van der Waals surface area contributed by atoms with Crippen LogP contribution in [0.1, 0.15) is 11.1 Å². The molecule has 0 unspecified atom stereocenters. The van der Waals surface area contributed by atoms with Gasteiger partial charge in [-0.1, -0.05) is 18.2 Å². The second kappa shape index (κ2) is 8.84. The third kappa shape index (κ3) is 3.48. The first kappa shape index (κ1) is 23.8. The second-order valence-electron chi connectivity index (χ2n) is 11.0. The average Bonchev–Trinajstić information content (AvgIpc) is 3.73. The fourth-order valence-electron chi connectivity index (χ4n) is 6.53. The molecule has 0 bridgehead atoms. The van der Waals surface area contributed by atoms with E-state index in [-0.39, 0.29) is 0 Å². The molecule has 3 aromatic carbocycles. The molecule has 0 fully saturated rings. The minimum Gasteiger partial charge on any atom is -0.457 e. The maximum atomic E-state index is 6.47. The molecule has 0 aliphatic rings. The Hall–Kier alpha value is -5.82. The van der Waals surface area contributed by atoms with Gasteiger partial charge in [-0.3, -0.25) is 13.8 Å². The van der Waals surface area contributed by atoms with E-state index >= 15 is 0 Å². The minimum atomic E-state index is 0.737. The summed E-state index contributed by atoms with van der Waals surface area (Å²) in [5, 5.41) is 6.41. The molecule has 6 heterocycles. The molecule has 0 saturated heterocycles. The Morgan fingerprint density at radius 1 is 0.581 bits per heavy atom. The smallest absolute Gasteiger partial charge is 0.146 e. The zero-order valence-corrected chi connectivity index (χ0v) is 23.5. The van der Waals surface area contributed by atoms with Crippen LogP contribution in [0.3, 0.4) is 0 Å². The van der Waals surface area contributed by atoms with E-state index in [1.54, 1.807) is 0 Å². The Labute approximate surface area is 245 Å². The molecule has 0 spiro atoms. The number of pyridine rings is 4. The molecule has 9 aromatic rings. The lowest BCUT2D eigenvalue weighted by atomic mass is 9.99. The van der Waals surface area contributed by atoms with Gasteiger partial charge in [0.2, 0.25) is 0 Å². The molecule has 0 amide bonds. The average molecular weight is 557 g/mol. The molecule has 0 saturated carbocycles. The molecular formula is C36H24N6O. The van der Waals surface area contributed by atoms with Crippen LogP contribution in [-0.2, 0) is 0 Å². The van der Waals surface area contributed by atoms with Crippen LogP contribution >= 0.6 is 0 Å². The molecule has 7 heteroatoms. The van der Waals surface area contributed by atoms with Crippen LogP contribution in [-0.4, -0.2) is 28.7 Å². The first-order valence-electron chi connectivity index (χ1n) is 14.2. The topological polar surface area (TPSA) is 69.6 Å². The summed E-state index contributed by atoms with van der Waals surface area (Å²) in [5.41, 5.74) is 8.19. The zero-order valence-electron chi connectivity index (χ0n) is 23.5. The van der Waals surface area contributed by atoms with Crippen molar-refractivity contribution in [1.82, 2.24) is 28.7 Å². The minimum absolute atomic E-state index is 0.737. The predicted octanol–water partition coefficient (Wildman–Crippen LogP) is 8.46. The van der Waals surface area contributed by atoms with Gasteiger partial charge in [0.15, 0.2) is 0 Å². The fourth-order valence-corrected chi connectivity index (χ4v) is 6.53. The quantitative estimate of drug-likeness (QED) is 0.204. The van der Waals surface area contributed by atoms with Crippen LogP contribution in [0.5, 0.6) is 11.5 Å². The van der Waals surface area contributed by atoms with Gasteiger partial charge in [0, 0.05) is 58.1 Å². The van der Waals surface area contributed by atoms with Crippen molar-refractivity contribution in [2.45, 2.75) is 13.8 Å². The number of aromatic nitrogens is 6. The Balaban J connectivity index is 1.18. The van der Waals surface area contributed by atoms with E-state index in [1.165, 1.54) is 16.7 Å². The standard InChI is InChI=1S/C36H24N6O/c1-21-4-3-5-22(2)33(21)31-11-10-28-26-9-7-24(19-30(26)35-39-15-17-42(35)36(28)40-31)43-23-6-8-25-27-12-13-37-20-32(27)41-16-14-38-34(41)29(25)18-23/h3-20H,1-2H3. The molecule has 0 atom stereocenters. The van der Waals surface area contributed by atoms with Gasteiger partial charge in [-0.15, -0.1) is 0 Å². The van der Waals surface area contributed by atoms with Crippen LogP contribution < -0.4 is 4.74 Å². The van der Waals surface area contributed by atoms with Gasteiger partial charge in [-0.2, -0.15) is 0 Å². The first-order valence-corrected chi connectivity index (χ1v) is 14.2. The molecule has 0 radical (unpaired) electrons. The molecule has 0 aliphatic carbocycles. The monoisotopic (exact) mass is 556 g/mol. The van der Waals surface area contributed by atoms with Crippen LogP contribution in [0.15, 0.2) is 110 Å². The predicted molar refractivity (Wildman–Crippen MR) is 171 cm³/mol. The molecule has 0 aliphatic heterocycles. The number of ether oxygens (including phenoxy) is 1. The summed E-state index contributed by atoms with van der Waals surface area (Å²) in [7, 11) is 0. The lowest BCUT2D eigenvalue weighted by Crippen LogP contribution is -1.97. The molecule has 43 heavy (non-hydrogen) atoms. The third-order valence-electron chi connectivity index (χ3n) is 8.46. The Morgan fingerprint density at radius 2 is 1.23 bits per heavy atom. The molecule has 0 N–H and O–H groups in total. The van der Waals surface area contributed by atoms with Gasteiger partial charge in [-0.25, -0.2) is 15.0 Å². The van der Waals surface area contributed by atoms with Crippen LogP contribution in [0.25, 0.3) is 66.0 Å². The van der Waals surface area contributed by atoms with E-state index in [1.807, 2.05) is 55.4 Å². The normalized spacial score (nSPS) is 12.0. The largest absolute Gasteiger partial charge is 0.457 e. The van der Waals surface area contributed by atoms with Crippen molar-refractivity contribution in [3.8, 4) is 22.8 Å². The summed E-state index contributed by atoms with van der Waals surface area (Å²) < 4.78 is 10.6. The number of aryl methyl sites for hydroxylation is 2. The summed E-state index contributed by atoms with van der Waals surface area (Å²) in [6, 6.07) is 25.1. The van der Waals surface area contributed by atoms with E-state index in [9.17, 15) is 0 Å². The Kier molecular flexibility index (Phi) is 4.90. The SMILES string of the molecule is Cc1cccc(C)c1-c1ccc2c3ccc(Oc4ccc5c6ccncc6n6ccnc6c5c4)cc3c3nccn3c2n1. The van der Waals surface area contributed by atoms with E-state index < -0.39 is 0 Å². The van der Waals surface area contributed by atoms with Gasteiger partial charge in [-0.05, 0) is 90.3 Å². The highest BCUT2D eigenvalue weighted by molar-refractivity contribution is 6.12. The first-order chi connectivity index (χ1) is 21.1. The van der Waals surface area contributed by atoms with E-state index in [4.69, 9.17) is 14.7 Å². The Bertz CT molecular complexity index is 2560. The lowest BCUT2D eigenvalue weighted by Gasteiger charge is -2.14. The highest BCUT2D eigenvalue weighted by Gasteiger charge is 2.15. The van der Waals surface area contributed by atoms with Gasteiger partial charge in [0.1, 0.15) is 28.4 Å². The van der Waals surface area contributed by atoms with Crippen molar-refractivity contribution in [3.63, 3.8) is 0 Å². The van der Waals surface area contributed by atoms with E-state index in [2.05, 4.69) is 87.2 Å². The molecule has 7 nitrogen and oxygen atoms in total. The van der Waals surface area contributed by atoms with Crippen LogP contribution in [0.2, 0.25) is 0 Å². The van der Waals surface area contributed by atoms with Gasteiger partial charge in [0.25, 0.3) is 0 Å². The summed E-state index contributed by atoms with van der Waals surface area (Å²) in [6.45, 7) is 4.27. The number of hydrogen-bond acceptors (Lipinski definition) is 5. The van der Waals surface area contributed by atoms with Crippen molar-refractivity contribution < 1.29 is 4.74 Å². The molecule has 6 aromatic heterocycles. The van der Waals surface area contributed by atoms with E-state index in [0.29, 0.717) is 0 Å². The highest BCUT2D eigenvalue weighted by Crippen LogP contribution is 2.36. The van der Waals surface area contributed by atoms with Gasteiger partial charge < -0.3 is 4.74 Å².